The Bertz CT molecular complexity index is 750. The lowest BCUT2D eigenvalue weighted by Gasteiger charge is -2.26. The maximum absolute atomic E-state index is 13.5. The summed E-state index contributed by atoms with van der Waals surface area (Å²) in [6.45, 7) is 1.88. The Morgan fingerprint density at radius 3 is 2.67 bits per heavy atom. The van der Waals surface area contributed by atoms with E-state index in [1.54, 1.807) is 25.3 Å². The highest BCUT2D eigenvalue weighted by Crippen LogP contribution is 2.29. The molecule has 1 unspecified atom stereocenters. The standard InChI is InChI=1S/C19H24F3N5/c1-2-12(20)10-23-19-24-11-15(16-4-3-5-17(22)26-16)18(27-19)25-14-8-6-13(21)7-9-14/h3-5,11-14H,2,6-10H2,1H3,(H2,23,24,25,27). The number of hydrogen-bond donors (Lipinski definition) is 2. The van der Waals surface area contributed by atoms with Crippen molar-refractivity contribution in [3.05, 3.63) is 30.3 Å². The van der Waals surface area contributed by atoms with Crippen LogP contribution in [0.25, 0.3) is 11.3 Å². The summed E-state index contributed by atoms with van der Waals surface area (Å²) in [4.78, 5) is 12.5. The minimum absolute atomic E-state index is 0.0663. The van der Waals surface area contributed by atoms with Gasteiger partial charge in [0.15, 0.2) is 0 Å². The smallest absolute Gasteiger partial charge is 0.224 e. The average molecular weight is 379 g/mol. The van der Waals surface area contributed by atoms with Gasteiger partial charge in [-0.05, 0) is 44.2 Å². The van der Waals surface area contributed by atoms with E-state index in [1.165, 1.54) is 6.07 Å². The zero-order valence-electron chi connectivity index (χ0n) is 15.3. The fourth-order valence-electron chi connectivity index (χ4n) is 3.06. The number of anilines is 2. The summed E-state index contributed by atoms with van der Waals surface area (Å²) in [5.74, 6) is 0.176. The van der Waals surface area contributed by atoms with Crippen molar-refractivity contribution >= 4 is 11.8 Å². The van der Waals surface area contributed by atoms with Gasteiger partial charge in [0.1, 0.15) is 18.2 Å². The lowest BCUT2D eigenvalue weighted by atomic mass is 9.94. The van der Waals surface area contributed by atoms with E-state index in [9.17, 15) is 13.2 Å². The van der Waals surface area contributed by atoms with Crippen LogP contribution in [0.4, 0.5) is 24.9 Å². The topological polar surface area (TPSA) is 62.7 Å². The molecule has 2 N–H and O–H groups in total. The summed E-state index contributed by atoms with van der Waals surface area (Å²) in [6.07, 6.45) is 2.57. The van der Waals surface area contributed by atoms with Gasteiger partial charge in [0.2, 0.25) is 11.9 Å². The van der Waals surface area contributed by atoms with E-state index in [2.05, 4.69) is 25.6 Å². The van der Waals surface area contributed by atoms with Gasteiger partial charge >= 0.3 is 0 Å². The molecular weight excluding hydrogens is 355 g/mol. The Kier molecular flexibility index (Phi) is 6.47. The molecule has 2 heterocycles. The summed E-state index contributed by atoms with van der Waals surface area (Å²) < 4.78 is 40.4. The molecule has 0 aromatic carbocycles. The van der Waals surface area contributed by atoms with E-state index >= 15 is 0 Å². The molecule has 0 radical (unpaired) electrons. The summed E-state index contributed by atoms with van der Waals surface area (Å²) in [7, 11) is 0. The van der Waals surface area contributed by atoms with Crippen LogP contribution in [-0.2, 0) is 0 Å². The van der Waals surface area contributed by atoms with Gasteiger partial charge < -0.3 is 10.6 Å². The molecule has 8 heteroatoms. The van der Waals surface area contributed by atoms with Crippen LogP contribution in [-0.4, -0.2) is 39.9 Å². The minimum atomic E-state index is -0.991. The Balaban J connectivity index is 1.85. The number of aromatic nitrogens is 3. The van der Waals surface area contributed by atoms with Crippen molar-refractivity contribution in [2.75, 3.05) is 17.2 Å². The SMILES string of the molecule is CCC(F)CNc1ncc(-c2cccc(F)n2)c(NC2CCC(F)CC2)n1. The summed E-state index contributed by atoms with van der Waals surface area (Å²) in [6, 6.07) is 4.57. The molecule has 1 aliphatic rings. The predicted molar refractivity (Wildman–Crippen MR) is 99.7 cm³/mol. The zero-order valence-corrected chi connectivity index (χ0v) is 15.3. The first-order valence-electron chi connectivity index (χ1n) is 9.33. The molecule has 146 valence electrons. The number of nitrogens with one attached hydrogen (secondary N) is 2. The van der Waals surface area contributed by atoms with Crippen molar-refractivity contribution in [3.63, 3.8) is 0 Å². The fourth-order valence-corrected chi connectivity index (χ4v) is 3.06. The third-order valence-corrected chi connectivity index (χ3v) is 4.70. The lowest BCUT2D eigenvalue weighted by Crippen LogP contribution is -2.27. The highest BCUT2D eigenvalue weighted by Gasteiger charge is 2.22. The maximum atomic E-state index is 13.5. The van der Waals surface area contributed by atoms with Gasteiger partial charge in [0.25, 0.3) is 0 Å². The molecule has 1 aliphatic carbocycles. The van der Waals surface area contributed by atoms with Gasteiger partial charge in [-0.15, -0.1) is 0 Å². The summed E-state index contributed by atoms with van der Waals surface area (Å²) in [5.41, 5.74) is 0.954. The van der Waals surface area contributed by atoms with Crippen molar-refractivity contribution in [2.45, 2.75) is 57.4 Å². The van der Waals surface area contributed by atoms with Gasteiger partial charge in [0.05, 0.1) is 11.3 Å². The van der Waals surface area contributed by atoms with Crippen LogP contribution >= 0.6 is 0 Å². The fraction of sp³-hybridized carbons (Fsp3) is 0.526. The van der Waals surface area contributed by atoms with Crippen LogP contribution in [0.15, 0.2) is 24.4 Å². The number of rotatable bonds is 7. The van der Waals surface area contributed by atoms with Crippen LogP contribution < -0.4 is 10.6 Å². The highest BCUT2D eigenvalue weighted by molar-refractivity contribution is 5.72. The molecular formula is C19H24F3N5. The summed E-state index contributed by atoms with van der Waals surface area (Å²) >= 11 is 0. The molecule has 3 rings (SSSR count). The number of hydrogen-bond acceptors (Lipinski definition) is 5. The quantitative estimate of drug-likeness (QED) is 0.692. The second-order valence-corrected chi connectivity index (χ2v) is 6.78. The number of pyridine rings is 1. The second-order valence-electron chi connectivity index (χ2n) is 6.78. The maximum Gasteiger partial charge on any atom is 0.224 e. The first kappa shape index (κ1) is 19.4. The molecule has 0 spiro atoms. The van der Waals surface area contributed by atoms with Crippen molar-refractivity contribution in [1.82, 2.24) is 15.0 Å². The van der Waals surface area contributed by atoms with Crippen LogP contribution in [0.2, 0.25) is 0 Å². The largest absolute Gasteiger partial charge is 0.367 e. The normalized spacial score (nSPS) is 20.9. The van der Waals surface area contributed by atoms with E-state index in [0.717, 1.165) is 0 Å². The van der Waals surface area contributed by atoms with Crippen molar-refractivity contribution < 1.29 is 13.2 Å². The first-order valence-corrected chi connectivity index (χ1v) is 9.33. The Morgan fingerprint density at radius 2 is 1.96 bits per heavy atom. The average Bonchev–Trinajstić information content (AvgIpc) is 2.68. The van der Waals surface area contributed by atoms with Gasteiger partial charge in [0, 0.05) is 18.8 Å². The molecule has 2 aromatic heterocycles. The van der Waals surface area contributed by atoms with Crippen molar-refractivity contribution in [3.8, 4) is 11.3 Å². The van der Waals surface area contributed by atoms with E-state index in [0.29, 0.717) is 49.2 Å². The third-order valence-electron chi connectivity index (χ3n) is 4.70. The van der Waals surface area contributed by atoms with Crippen molar-refractivity contribution in [1.29, 1.82) is 0 Å². The van der Waals surface area contributed by atoms with Gasteiger partial charge in [-0.3, -0.25) is 0 Å². The van der Waals surface area contributed by atoms with Crippen LogP contribution in [0.5, 0.6) is 0 Å². The second kappa shape index (κ2) is 9.01. The van der Waals surface area contributed by atoms with E-state index in [4.69, 9.17) is 0 Å². The molecule has 0 aliphatic heterocycles. The van der Waals surface area contributed by atoms with E-state index in [-0.39, 0.29) is 18.5 Å². The zero-order chi connectivity index (χ0) is 19.2. The molecule has 0 bridgehead atoms. The number of halogens is 3. The molecule has 5 nitrogen and oxygen atoms in total. The van der Waals surface area contributed by atoms with Crippen LogP contribution in [0.3, 0.4) is 0 Å². The molecule has 27 heavy (non-hydrogen) atoms. The molecule has 1 fully saturated rings. The minimum Gasteiger partial charge on any atom is -0.367 e. The van der Waals surface area contributed by atoms with E-state index in [1.807, 2.05) is 0 Å². The Labute approximate surface area is 156 Å². The summed E-state index contributed by atoms with van der Waals surface area (Å²) in [5, 5.41) is 6.19. The highest BCUT2D eigenvalue weighted by atomic mass is 19.1. The molecule has 0 amide bonds. The van der Waals surface area contributed by atoms with E-state index < -0.39 is 18.3 Å². The van der Waals surface area contributed by atoms with Crippen LogP contribution in [0.1, 0.15) is 39.0 Å². The lowest BCUT2D eigenvalue weighted by molar-refractivity contribution is 0.241. The van der Waals surface area contributed by atoms with Gasteiger partial charge in [-0.25, -0.2) is 18.7 Å². The van der Waals surface area contributed by atoms with Crippen molar-refractivity contribution in [2.24, 2.45) is 0 Å². The molecule has 2 aromatic rings. The Morgan fingerprint density at radius 1 is 1.19 bits per heavy atom. The van der Waals surface area contributed by atoms with Gasteiger partial charge in [-0.2, -0.15) is 9.37 Å². The number of nitrogens with zero attached hydrogens (tertiary/aromatic N) is 3. The third kappa shape index (κ3) is 5.30. The molecule has 1 atom stereocenters. The van der Waals surface area contributed by atoms with Gasteiger partial charge in [-0.1, -0.05) is 13.0 Å². The number of alkyl halides is 2. The molecule has 1 saturated carbocycles. The Hall–Kier alpha value is -2.38. The monoisotopic (exact) mass is 379 g/mol. The molecule has 0 saturated heterocycles. The predicted octanol–water partition coefficient (Wildman–Crippen LogP) is 4.53. The first-order chi connectivity index (χ1) is 13.0. The van der Waals surface area contributed by atoms with Crippen LogP contribution in [0, 0.1) is 5.95 Å².